The summed E-state index contributed by atoms with van der Waals surface area (Å²) in [6.45, 7) is 5.18. The maximum Gasteiger partial charge on any atom is 0.252 e. The molecule has 0 saturated carbocycles. The molecule has 4 aromatic rings. The quantitative estimate of drug-likeness (QED) is 0.448. The van der Waals surface area contributed by atoms with Gasteiger partial charge in [0.05, 0.1) is 22.5 Å². The number of hydrogen-bond donors (Lipinski definition) is 1. The number of halogens is 1. The Labute approximate surface area is 204 Å². The van der Waals surface area contributed by atoms with Gasteiger partial charge in [-0.1, -0.05) is 41.9 Å². The molecule has 1 N–H and O–H groups in total. The van der Waals surface area contributed by atoms with Crippen molar-refractivity contribution in [2.75, 3.05) is 44.2 Å². The van der Waals surface area contributed by atoms with Gasteiger partial charge < -0.3 is 10.2 Å². The molecule has 3 heterocycles. The Morgan fingerprint density at radius 3 is 2.53 bits per heavy atom. The number of piperazine rings is 1. The minimum Gasteiger partial charge on any atom is -0.369 e. The van der Waals surface area contributed by atoms with E-state index in [1.54, 1.807) is 6.20 Å². The second kappa shape index (κ2) is 10.2. The number of aromatic nitrogens is 2. The molecule has 1 aliphatic rings. The number of carbonyl (C=O) groups excluding carboxylic acids is 1. The highest BCUT2D eigenvalue weighted by Crippen LogP contribution is 2.24. The van der Waals surface area contributed by atoms with Gasteiger partial charge in [0.15, 0.2) is 0 Å². The van der Waals surface area contributed by atoms with Gasteiger partial charge in [0.25, 0.3) is 5.91 Å². The van der Waals surface area contributed by atoms with Gasteiger partial charge in [0.1, 0.15) is 0 Å². The van der Waals surface area contributed by atoms with Crippen molar-refractivity contribution in [3.8, 4) is 11.4 Å². The third kappa shape index (κ3) is 5.03. The maximum atomic E-state index is 13.2. The molecule has 0 atom stereocenters. The standard InChI is InChI=1S/C27H26ClN5O/c28-20-6-5-7-21(18-20)33-16-14-32(15-17-33)13-12-30-27(34)23-19-26(25-10-3-4-11-29-25)31-24-9-2-1-8-22(23)24/h1-11,18-19H,12-17H2,(H,30,34). The fourth-order valence-electron chi connectivity index (χ4n) is 4.33. The lowest BCUT2D eigenvalue weighted by Gasteiger charge is -2.36. The van der Waals surface area contributed by atoms with Gasteiger partial charge >= 0.3 is 0 Å². The molecule has 34 heavy (non-hydrogen) atoms. The number of hydrogen-bond acceptors (Lipinski definition) is 5. The number of nitrogens with zero attached hydrogens (tertiary/aromatic N) is 4. The molecule has 0 spiro atoms. The van der Waals surface area contributed by atoms with Crippen LogP contribution in [0.3, 0.4) is 0 Å². The van der Waals surface area contributed by atoms with Crippen LogP contribution in [-0.2, 0) is 0 Å². The lowest BCUT2D eigenvalue weighted by molar-refractivity contribution is 0.0949. The van der Waals surface area contributed by atoms with E-state index in [0.29, 0.717) is 17.8 Å². The summed E-state index contributed by atoms with van der Waals surface area (Å²) >= 11 is 6.14. The van der Waals surface area contributed by atoms with Gasteiger partial charge in [-0.25, -0.2) is 4.98 Å². The highest BCUT2D eigenvalue weighted by atomic mass is 35.5. The largest absolute Gasteiger partial charge is 0.369 e. The van der Waals surface area contributed by atoms with Crippen molar-refractivity contribution in [3.63, 3.8) is 0 Å². The van der Waals surface area contributed by atoms with Crippen LogP contribution in [0.4, 0.5) is 5.69 Å². The molecule has 1 saturated heterocycles. The van der Waals surface area contributed by atoms with Gasteiger partial charge in [-0.2, -0.15) is 0 Å². The van der Waals surface area contributed by atoms with Gasteiger partial charge in [-0.15, -0.1) is 0 Å². The van der Waals surface area contributed by atoms with E-state index in [0.717, 1.165) is 60.0 Å². The number of amides is 1. The van der Waals surface area contributed by atoms with Gasteiger partial charge in [-0.05, 0) is 42.5 Å². The molecular weight excluding hydrogens is 446 g/mol. The Hall–Kier alpha value is -3.48. The fraction of sp³-hybridized carbons (Fsp3) is 0.222. The first kappa shape index (κ1) is 22.3. The zero-order valence-corrected chi connectivity index (χ0v) is 19.6. The molecule has 0 aliphatic carbocycles. The third-order valence-corrected chi connectivity index (χ3v) is 6.38. The Morgan fingerprint density at radius 2 is 1.74 bits per heavy atom. The zero-order valence-electron chi connectivity index (χ0n) is 18.8. The number of fused-ring (bicyclic) bond motifs is 1. The fourth-order valence-corrected chi connectivity index (χ4v) is 4.52. The topological polar surface area (TPSA) is 61.4 Å². The molecule has 1 aliphatic heterocycles. The highest BCUT2D eigenvalue weighted by Gasteiger charge is 2.18. The summed E-state index contributed by atoms with van der Waals surface area (Å²) in [5, 5.41) is 4.71. The molecule has 172 valence electrons. The average molecular weight is 472 g/mol. The van der Waals surface area contributed by atoms with Crippen LogP contribution < -0.4 is 10.2 Å². The second-order valence-electron chi connectivity index (χ2n) is 8.35. The molecule has 2 aromatic heterocycles. The number of benzene rings is 2. The molecule has 0 unspecified atom stereocenters. The number of rotatable bonds is 6. The molecule has 1 amide bonds. The van der Waals surface area contributed by atoms with Gasteiger partial charge in [0, 0.05) is 61.6 Å². The van der Waals surface area contributed by atoms with E-state index in [1.807, 2.05) is 66.7 Å². The van der Waals surface area contributed by atoms with Gasteiger partial charge in [0.2, 0.25) is 0 Å². The van der Waals surface area contributed by atoms with E-state index < -0.39 is 0 Å². The summed E-state index contributed by atoms with van der Waals surface area (Å²) in [6.07, 6.45) is 1.73. The molecule has 6 nitrogen and oxygen atoms in total. The predicted octanol–water partition coefficient (Wildman–Crippen LogP) is 4.50. The van der Waals surface area contributed by atoms with Crippen molar-refractivity contribution in [2.45, 2.75) is 0 Å². The monoisotopic (exact) mass is 471 g/mol. The molecule has 5 rings (SSSR count). The Morgan fingerprint density at radius 1 is 0.912 bits per heavy atom. The van der Waals surface area contributed by atoms with Crippen LogP contribution in [0.15, 0.2) is 79.0 Å². The Kier molecular flexibility index (Phi) is 6.70. The molecule has 0 bridgehead atoms. The van der Waals surface area contributed by atoms with Crippen LogP contribution in [0.5, 0.6) is 0 Å². The van der Waals surface area contributed by atoms with Crippen molar-refractivity contribution >= 4 is 34.1 Å². The van der Waals surface area contributed by atoms with E-state index in [-0.39, 0.29) is 5.91 Å². The molecule has 2 aromatic carbocycles. The number of pyridine rings is 2. The zero-order chi connectivity index (χ0) is 23.3. The average Bonchev–Trinajstić information content (AvgIpc) is 2.89. The van der Waals surface area contributed by atoms with Crippen LogP contribution in [0.25, 0.3) is 22.3 Å². The van der Waals surface area contributed by atoms with E-state index in [2.05, 4.69) is 26.2 Å². The first-order valence-corrected chi connectivity index (χ1v) is 11.9. The lowest BCUT2D eigenvalue weighted by atomic mass is 10.1. The molecule has 7 heteroatoms. The van der Waals surface area contributed by atoms with Crippen LogP contribution in [-0.4, -0.2) is 60.0 Å². The number of carbonyl (C=O) groups is 1. The van der Waals surface area contributed by atoms with Crippen molar-refractivity contribution in [2.24, 2.45) is 0 Å². The second-order valence-corrected chi connectivity index (χ2v) is 8.79. The van der Waals surface area contributed by atoms with E-state index in [9.17, 15) is 4.79 Å². The van der Waals surface area contributed by atoms with Crippen LogP contribution in [0.1, 0.15) is 10.4 Å². The minimum absolute atomic E-state index is 0.0895. The van der Waals surface area contributed by atoms with Crippen LogP contribution in [0.2, 0.25) is 5.02 Å². The smallest absolute Gasteiger partial charge is 0.252 e. The predicted molar refractivity (Wildman–Crippen MR) is 137 cm³/mol. The minimum atomic E-state index is -0.0895. The van der Waals surface area contributed by atoms with Crippen LogP contribution in [0, 0.1) is 0 Å². The Bertz CT molecular complexity index is 1290. The van der Waals surface area contributed by atoms with Crippen LogP contribution >= 0.6 is 11.6 Å². The van der Waals surface area contributed by atoms with Gasteiger partial charge in [-0.3, -0.25) is 14.7 Å². The summed E-state index contributed by atoms with van der Waals surface area (Å²) in [7, 11) is 0. The number of nitrogens with one attached hydrogen (secondary N) is 1. The normalized spacial score (nSPS) is 14.3. The highest BCUT2D eigenvalue weighted by molar-refractivity contribution is 6.30. The number of para-hydroxylation sites is 1. The maximum absolute atomic E-state index is 13.2. The summed E-state index contributed by atoms with van der Waals surface area (Å²) in [4.78, 5) is 27.0. The first-order chi connectivity index (χ1) is 16.7. The van der Waals surface area contributed by atoms with Crippen molar-refractivity contribution < 1.29 is 4.79 Å². The third-order valence-electron chi connectivity index (χ3n) is 6.15. The molecule has 0 radical (unpaired) electrons. The SMILES string of the molecule is O=C(NCCN1CCN(c2cccc(Cl)c2)CC1)c1cc(-c2ccccn2)nc2ccccc12. The van der Waals surface area contributed by atoms with E-state index >= 15 is 0 Å². The summed E-state index contributed by atoms with van der Waals surface area (Å²) < 4.78 is 0. The summed E-state index contributed by atoms with van der Waals surface area (Å²) in [5.41, 5.74) is 4.01. The van der Waals surface area contributed by atoms with E-state index in [4.69, 9.17) is 16.6 Å². The summed E-state index contributed by atoms with van der Waals surface area (Å²) in [5.74, 6) is -0.0895. The van der Waals surface area contributed by atoms with Crippen molar-refractivity contribution in [3.05, 3.63) is 89.6 Å². The number of anilines is 1. The van der Waals surface area contributed by atoms with Crippen molar-refractivity contribution in [1.82, 2.24) is 20.2 Å². The van der Waals surface area contributed by atoms with E-state index in [1.165, 1.54) is 0 Å². The molecule has 1 fully saturated rings. The summed E-state index contributed by atoms with van der Waals surface area (Å²) in [6, 6.07) is 23.3. The molecular formula is C27H26ClN5O. The van der Waals surface area contributed by atoms with Crippen molar-refractivity contribution in [1.29, 1.82) is 0 Å². The lowest BCUT2D eigenvalue weighted by Crippen LogP contribution is -2.48. The first-order valence-electron chi connectivity index (χ1n) is 11.5. The Balaban J connectivity index is 1.22.